The number of hydrogen-bond acceptors (Lipinski definition) is 7. The van der Waals surface area contributed by atoms with Gasteiger partial charge in [0.15, 0.2) is 0 Å². The molecule has 0 amide bonds. The van der Waals surface area contributed by atoms with Crippen LogP contribution in [-0.2, 0) is 0 Å². The van der Waals surface area contributed by atoms with Gasteiger partial charge in [-0.15, -0.1) is 0 Å². The van der Waals surface area contributed by atoms with Crippen LogP contribution in [-0.4, -0.2) is 52.0 Å². The highest BCUT2D eigenvalue weighted by atomic mass is 16.6. The molecule has 2 aliphatic heterocycles. The van der Waals surface area contributed by atoms with E-state index in [1.54, 1.807) is 14.0 Å². The van der Waals surface area contributed by atoms with E-state index in [2.05, 4.69) is 25.5 Å². The summed E-state index contributed by atoms with van der Waals surface area (Å²) in [6, 6.07) is 0.697. The molecule has 2 N–H and O–H groups in total. The molecule has 0 aliphatic carbocycles. The van der Waals surface area contributed by atoms with E-state index >= 15 is 0 Å². The first-order valence-electron chi connectivity index (χ1n) is 7.31. The van der Waals surface area contributed by atoms with Gasteiger partial charge in [-0.25, -0.2) is 4.98 Å². The lowest BCUT2D eigenvalue weighted by atomic mass is 10.1. The Morgan fingerprint density at radius 3 is 2.86 bits per heavy atom. The summed E-state index contributed by atoms with van der Waals surface area (Å²) in [5, 5.41) is 17.5. The van der Waals surface area contributed by atoms with E-state index in [1.807, 2.05) is 0 Å². The van der Waals surface area contributed by atoms with Gasteiger partial charge >= 0.3 is 5.69 Å². The standard InChI is InChI=1S/C13H20N6O2/c1-8-11(19(20)21)12(17-13(14-2)15-8)16-9-5-7-18-6-3-4-10(9)18/h9-10H,3-7H2,1-2H3,(H2,14,15,16,17). The largest absolute Gasteiger partial charge is 0.360 e. The number of hydrogen-bond donors (Lipinski definition) is 2. The van der Waals surface area contributed by atoms with Crippen molar-refractivity contribution in [3.05, 3.63) is 15.8 Å². The minimum Gasteiger partial charge on any atom is -0.360 e. The Balaban J connectivity index is 1.90. The quantitative estimate of drug-likeness (QED) is 0.639. The zero-order valence-electron chi connectivity index (χ0n) is 12.3. The zero-order chi connectivity index (χ0) is 15.0. The van der Waals surface area contributed by atoms with E-state index in [0.29, 0.717) is 23.5 Å². The van der Waals surface area contributed by atoms with Gasteiger partial charge in [0, 0.05) is 25.7 Å². The SMILES string of the molecule is CNc1nc(C)c([N+](=O)[O-])c(NC2CCN3CCCC23)n1. The van der Waals surface area contributed by atoms with Gasteiger partial charge in [-0.2, -0.15) is 4.98 Å². The molecular formula is C13H20N6O2. The van der Waals surface area contributed by atoms with E-state index in [1.165, 1.54) is 6.42 Å². The van der Waals surface area contributed by atoms with E-state index in [0.717, 1.165) is 25.9 Å². The first kappa shape index (κ1) is 14.0. The van der Waals surface area contributed by atoms with Crippen molar-refractivity contribution in [2.45, 2.75) is 38.3 Å². The number of nitrogens with one attached hydrogen (secondary N) is 2. The van der Waals surface area contributed by atoms with Crippen molar-refractivity contribution >= 4 is 17.5 Å². The molecule has 0 aromatic carbocycles. The van der Waals surface area contributed by atoms with Crippen molar-refractivity contribution < 1.29 is 4.92 Å². The van der Waals surface area contributed by atoms with Crippen LogP contribution in [0.15, 0.2) is 0 Å². The van der Waals surface area contributed by atoms with E-state index in [9.17, 15) is 10.1 Å². The average Bonchev–Trinajstić information content (AvgIpc) is 3.02. The summed E-state index contributed by atoms with van der Waals surface area (Å²) in [6.07, 6.45) is 3.35. The van der Waals surface area contributed by atoms with Crippen LogP contribution in [0.25, 0.3) is 0 Å². The van der Waals surface area contributed by atoms with Gasteiger partial charge in [-0.1, -0.05) is 0 Å². The summed E-state index contributed by atoms with van der Waals surface area (Å²) in [7, 11) is 1.71. The maximum atomic E-state index is 11.3. The molecular weight excluding hydrogens is 272 g/mol. The predicted molar refractivity (Wildman–Crippen MR) is 79.6 cm³/mol. The van der Waals surface area contributed by atoms with Gasteiger partial charge in [0.2, 0.25) is 11.8 Å². The summed E-state index contributed by atoms with van der Waals surface area (Å²) in [5.74, 6) is 0.734. The van der Waals surface area contributed by atoms with Crippen molar-refractivity contribution in [1.29, 1.82) is 0 Å². The Morgan fingerprint density at radius 2 is 2.14 bits per heavy atom. The average molecular weight is 292 g/mol. The first-order valence-corrected chi connectivity index (χ1v) is 7.31. The van der Waals surface area contributed by atoms with Crippen LogP contribution in [0, 0.1) is 17.0 Å². The topological polar surface area (TPSA) is 96.2 Å². The van der Waals surface area contributed by atoms with Gasteiger partial charge < -0.3 is 10.6 Å². The summed E-state index contributed by atoms with van der Waals surface area (Å²) in [4.78, 5) is 21.7. The molecule has 2 aliphatic rings. The predicted octanol–water partition coefficient (Wildman–Crippen LogP) is 1.38. The second-order valence-electron chi connectivity index (χ2n) is 5.62. The highest BCUT2D eigenvalue weighted by molar-refractivity contribution is 5.61. The van der Waals surface area contributed by atoms with Gasteiger partial charge in [-0.05, 0) is 32.7 Å². The molecule has 0 saturated carbocycles. The minimum absolute atomic E-state index is 0.0227. The summed E-state index contributed by atoms with van der Waals surface area (Å²) < 4.78 is 0. The monoisotopic (exact) mass is 292 g/mol. The lowest BCUT2D eigenvalue weighted by Gasteiger charge is -2.21. The van der Waals surface area contributed by atoms with Gasteiger partial charge in [0.1, 0.15) is 5.69 Å². The highest BCUT2D eigenvalue weighted by Gasteiger charge is 2.38. The normalized spacial score (nSPS) is 24.9. The maximum absolute atomic E-state index is 11.3. The fourth-order valence-electron chi connectivity index (χ4n) is 3.42. The fourth-order valence-corrected chi connectivity index (χ4v) is 3.42. The lowest BCUT2D eigenvalue weighted by molar-refractivity contribution is -0.385. The number of aryl methyl sites for hydroxylation is 1. The molecule has 1 aromatic rings. The van der Waals surface area contributed by atoms with Crippen molar-refractivity contribution in [2.75, 3.05) is 30.8 Å². The Bertz CT molecular complexity index is 564. The number of nitrogens with zero attached hydrogens (tertiary/aromatic N) is 4. The second-order valence-corrected chi connectivity index (χ2v) is 5.62. The number of rotatable bonds is 4. The van der Waals surface area contributed by atoms with Crippen molar-refractivity contribution in [3.8, 4) is 0 Å². The summed E-state index contributed by atoms with van der Waals surface area (Å²) in [5.41, 5.74) is 0.355. The molecule has 2 unspecified atom stereocenters. The number of nitro groups is 1. The molecule has 3 rings (SSSR count). The molecule has 8 heteroatoms. The number of fused-ring (bicyclic) bond motifs is 1. The molecule has 0 spiro atoms. The van der Waals surface area contributed by atoms with Crippen molar-refractivity contribution in [2.24, 2.45) is 0 Å². The zero-order valence-corrected chi connectivity index (χ0v) is 12.3. The Hall–Kier alpha value is -1.96. The number of anilines is 2. The molecule has 2 saturated heterocycles. The van der Waals surface area contributed by atoms with E-state index in [-0.39, 0.29) is 11.7 Å². The third-order valence-corrected chi connectivity index (χ3v) is 4.39. The molecule has 1 aromatic heterocycles. The van der Waals surface area contributed by atoms with Crippen LogP contribution in [0.2, 0.25) is 0 Å². The van der Waals surface area contributed by atoms with Crippen LogP contribution in [0.4, 0.5) is 17.5 Å². The maximum Gasteiger partial charge on any atom is 0.332 e. The Labute approximate surface area is 123 Å². The van der Waals surface area contributed by atoms with Crippen LogP contribution >= 0.6 is 0 Å². The van der Waals surface area contributed by atoms with Crippen LogP contribution < -0.4 is 10.6 Å². The third-order valence-electron chi connectivity index (χ3n) is 4.39. The molecule has 2 atom stereocenters. The van der Waals surface area contributed by atoms with Gasteiger partial charge in [0.05, 0.1) is 4.92 Å². The molecule has 21 heavy (non-hydrogen) atoms. The third kappa shape index (κ3) is 2.51. The highest BCUT2D eigenvalue weighted by Crippen LogP contribution is 2.33. The van der Waals surface area contributed by atoms with E-state index < -0.39 is 4.92 Å². The van der Waals surface area contributed by atoms with Gasteiger partial charge in [-0.3, -0.25) is 15.0 Å². The molecule has 0 bridgehead atoms. The fraction of sp³-hybridized carbons (Fsp3) is 0.692. The summed E-state index contributed by atoms with van der Waals surface area (Å²) >= 11 is 0. The molecule has 8 nitrogen and oxygen atoms in total. The Morgan fingerprint density at radius 1 is 1.33 bits per heavy atom. The van der Waals surface area contributed by atoms with Crippen molar-refractivity contribution in [3.63, 3.8) is 0 Å². The Kier molecular flexibility index (Phi) is 3.62. The second kappa shape index (κ2) is 5.44. The molecule has 2 fully saturated rings. The van der Waals surface area contributed by atoms with Crippen molar-refractivity contribution in [1.82, 2.24) is 14.9 Å². The summed E-state index contributed by atoms with van der Waals surface area (Å²) in [6.45, 7) is 3.83. The van der Waals surface area contributed by atoms with Gasteiger partial charge in [0.25, 0.3) is 0 Å². The lowest BCUT2D eigenvalue weighted by Crippen LogP contribution is -2.34. The van der Waals surface area contributed by atoms with Crippen LogP contribution in [0.5, 0.6) is 0 Å². The smallest absolute Gasteiger partial charge is 0.332 e. The van der Waals surface area contributed by atoms with E-state index in [4.69, 9.17) is 0 Å². The van der Waals surface area contributed by atoms with Crippen LogP contribution in [0.3, 0.4) is 0 Å². The molecule has 3 heterocycles. The number of aromatic nitrogens is 2. The first-order chi connectivity index (χ1) is 10.1. The molecule has 0 radical (unpaired) electrons. The minimum atomic E-state index is -0.404. The molecule has 114 valence electrons. The van der Waals surface area contributed by atoms with Crippen LogP contribution in [0.1, 0.15) is 25.0 Å².